The Labute approximate surface area is 174 Å². The third-order valence-electron chi connectivity index (χ3n) is 4.55. The molecule has 0 saturated heterocycles. The van der Waals surface area contributed by atoms with Crippen LogP contribution in [0.2, 0.25) is 5.02 Å². The van der Waals surface area contributed by atoms with Gasteiger partial charge in [-0.25, -0.2) is 4.98 Å². The average molecular weight is 403 g/mol. The molecule has 144 valence electrons. The molecule has 0 fully saturated rings. The van der Waals surface area contributed by atoms with E-state index in [0.29, 0.717) is 28.6 Å². The van der Waals surface area contributed by atoms with Gasteiger partial charge in [-0.15, -0.1) is 0 Å². The van der Waals surface area contributed by atoms with Gasteiger partial charge in [-0.2, -0.15) is 0 Å². The summed E-state index contributed by atoms with van der Waals surface area (Å²) in [5.74, 6) is 0.488. The van der Waals surface area contributed by atoms with Gasteiger partial charge in [0.1, 0.15) is 5.75 Å². The first kappa shape index (κ1) is 19.0. The van der Waals surface area contributed by atoms with E-state index in [0.717, 1.165) is 22.2 Å². The number of hydrogen-bond acceptors (Lipinski definition) is 3. The first-order valence-corrected chi connectivity index (χ1v) is 9.73. The zero-order valence-electron chi connectivity index (χ0n) is 15.9. The highest BCUT2D eigenvalue weighted by atomic mass is 35.5. The molecular formula is C24H19ClN2O2. The van der Waals surface area contributed by atoms with Crippen molar-refractivity contribution in [3.63, 3.8) is 0 Å². The minimum atomic E-state index is -0.244. The molecule has 0 aliphatic heterocycles. The Morgan fingerprint density at radius 2 is 1.72 bits per heavy atom. The van der Waals surface area contributed by atoms with E-state index in [-0.39, 0.29) is 5.91 Å². The fraction of sp³-hybridized carbons (Fsp3) is 0.0833. The summed E-state index contributed by atoms with van der Waals surface area (Å²) >= 11 is 6.21. The minimum Gasteiger partial charge on any atom is -0.493 e. The van der Waals surface area contributed by atoms with Gasteiger partial charge in [0.15, 0.2) is 0 Å². The number of benzene rings is 3. The van der Waals surface area contributed by atoms with Crippen LogP contribution >= 0.6 is 11.6 Å². The number of rotatable bonds is 5. The van der Waals surface area contributed by atoms with Crippen LogP contribution in [0.3, 0.4) is 0 Å². The van der Waals surface area contributed by atoms with E-state index < -0.39 is 0 Å². The summed E-state index contributed by atoms with van der Waals surface area (Å²) in [5.41, 5.74) is 3.35. The molecule has 0 radical (unpaired) electrons. The van der Waals surface area contributed by atoms with Crippen molar-refractivity contribution < 1.29 is 9.53 Å². The highest BCUT2D eigenvalue weighted by Crippen LogP contribution is 2.32. The van der Waals surface area contributed by atoms with Crippen LogP contribution in [0.25, 0.3) is 22.2 Å². The van der Waals surface area contributed by atoms with Gasteiger partial charge < -0.3 is 10.1 Å². The molecular weight excluding hydrogens is 384 g/mol. The zero-order valence-corrected chi connectivity index (χ0v) is 16.6. The lowest BCUT2D eigenvalue weighted by Crippen LogP contribution is -2.13. The van der Waals surface area contributed by atoms with E-state index >= 15 is 0 Å². The van der Waals surface area contributed by atoms with E-state index in [1.54, 1.807) is 18.2 Å². The van der Waals surface area contributed by atoms with Gasteiger partial charge in [-0.3, -0.25) is 4.79 Å². The van der Waals surface area contributed by atoms with Crippen LogP contribution in [0, 0.1) is 0 Å². The van der Waals surface area contributed by atoms with Crippen molar-refractivity contribution in [2.75, 3.05) is 11.9 Å². The highest BCUT2D eigenvalue weighted by Gasteiger charge is 2.16. The summed E-state index contributed by atoms with van der Waals surface area (Å²) in [4.78, 5) is 17.9. The number of carbonyl (C=O) groups is 1. The number of halogens is 1. The minimum absolute atomic E-state index is 0.244. The molecule has 4 aromatic rings. The molecule has 1 aromatic heterocycles. The lowest BCUT2D eigenvalue weighted by atomic mass is 10.0. The van der Waals surface area contributed by atoms with Crippen LogP contribution in [-0.2, 0) is 0 Å². The van der Waals surface area contributed by atoms with E-state index in [2.05, 4.69) is 5.32 Å². The highest BCUT2D eigenvalue weighted by molar-refractivity contribution is 6.34. The number of fused-ring (bicyclic) bond motifs is 1. The number of carbonyl (C=O) groups excluding carboxylic acids is 1. The summed E-state index contributed by atoms with van der Waals surface area (Å²) < 4.78 is 5.76. The fourth-order valence-electron chi connectivity index (χ4n) is 3.21. The maximum atomic E-state index is 13.1. The number of hydrogen-bond donors (Lipinski definition) is 1. The number of nitrogens with zero attached hydrogens (tertiary/aromatic N) is 1. The van der Waals surface area contributed by atoms with Crippen molar-refractivity contribution in [3.8, 4) is 17.0 Å². The van der Waals surface area contributed by atoms with Crippen LogP contribution in [0.5, 0.6) is 5.75 Å². The van der Waals surface area contributed by atoms with Gasteiger partial charge in [-0.05, 0) is 43.3 Å². The molecule has 4 nitrogen and oxygen atoms in total. The third-order valence-corrected chi connectivity index (χ3v) is 4.88. The van der Waals surface area contributed by atoms with Crippen LogP contribution < -0.4 is 10.1 Å². The Kier molecular flexibility index (Phi) is 5.45. The van der Waals surface area contributed by atoms with Crippen LogP contribution in [-0.4, -0.2) is 17.5 Å². The van der Waals surface area contributed by atoms with Gasteiger partial charge in [0.2, 0.25) is 0 Å². The zero-order chi connectivity index (χ0) is 20.2. The number of amides is 1. The van der Waals surface area contributed by atoms with Gasteiger partial charge >= 0.3 is 0 Å². The number of para-hydroxylation sites is 3. The van der Waals surface area contributed by atoms with E-state index in [4.69, 9.17) is 21.3 Å². The Bertz CT molecular complexity index is 1190. The number of ether oxygens (including phenoxy) is 1. The van der Waals surface area contributed by atoms with Crippen LogP contribution in [0.15, 0.2) is 78.9 Å². The molecule has 0 unspecified atom stereocenters. The molecule has 0 spiro atoms. The van der Waals surface area contributed by atoms with Gasteiger partial charge in [0, 0.05) is 10.9 Å². The van der Waals surface area contributed by atoms with Crippen LogP contribution in [0.4, 0.5) is 5.69 Å². The molecule has 1 amide bonds. The molecule has 0 atom stereocenters. The van der Waals surface area contributed by atoms with Crippen molar-refractivity contribution in [3.05, 3.63) is 89.4 Å². The summed E-state index contributed by atoms with van der Waals surface area (Å²) in [6, 6.07) is 24.2. The summed E-state index contributed by atoms with van der Waals surface area (Å²) in [7, 11) is 0. The van der Waals surface area contributed by atoms with Crippen LogP contribution in [0.1, 0.15) is 17.3 Å². The van der Waals surface area contributed by atoms with E-state index in [1.165, 1.54) is 0 Å². The number of aromatic nitrogens is 1. The smallest absolute Gasteiger partial charge is 0.256 e. The molecule has 0 aliphatic carbocycles. The summed E-state index contributed by atoms with van der Waals surface area (Å²) in [5, 5.41) is 4.17. The molecule has 0 bridgehead atoms. The predicted molar refractivity (Wildman–Crippen MR) is 118 cm³/mol. The molecule has 0 aliphatic rings. The topological polar surface area (TPSA) is 51.2 Å². The van der Waals surface area contributed by atoms with Crippen molar-refractivity contribution in [2.24, 2.45) is 0 Å². The summed E-state index contributed by atoms with van der Waals surface area (Å²) in [6.45, 7) is 2.48. The molecule has 0 saturated carbocycles. The van der Waals surface area contributed by atoms with E-state index in [1.807, 2.05) is 67.6 Å². The monoisotopic (exact) mass is 402 g/mol. The lowest BCUT2D eigenvalue weighted by Gasteiger charge is -2.13. The van der Waals surface area contributed by atoms with Crippen molar-refractivity contribution in [2.45, 2.75) is 6.92 Å². The molecule has 1 heterocycles. The SMILES string of the molecule is CCOc1ccccc1-c1cc(C(=O)Nc2ccccc2Cl)c2ccccc2n1. The Morgan fingerprint density at radius 1 is 1.00 bits per heavy atom. The third kappa shape index (κ3) is 3.93. The molecule has 1 N–H and O–H groups in total. The second kappa shape index (κ2) is 8.33. The average Bonchev–Trinajstić information content (AvgIpc) is 2.75. The normalized spacial score (nSPS) is 10.7. The fourth-order valence-corrected chi connectivity index (χ4v) is 3.40. The van der Waals surface area contributed by atoms with Gasteiger partial charge in [0.05, 0.1) is 34.1 Å². The van der Waals surface area contributed by atoms with Crippen molar-refractivity contribution in [1.82, 2.24) is 4.98 Å². The number of anilines is 1. The lowest BCUT2D eigenvalue weighted by molar-refractivity contribution is 0.102. The number of pyridine rings is 1. The van der Waals surface area contributed by atoms with Gasteiger partial charge in [-0.1, -0.05) is 54.1 Å². The maximum absolute atomic E-state index is 13.1. The van der Waals surface area contributed by atoms with Gasteiger partial charge in [0.25, 0.3) is 5.91 Å². The molecule has 5 heteroatoms. The maximum Gasteiger partial charge on any atom is 0.256 e. The van der Waals surface area contributed by atoms with Crippen molar-refractivity contribution >= 4 is 34.1 Å². The Balaban J connectivity index is 1.84. The standard InChI is InChI=1S/C24H19ClN2O2/c1-2-29-23-14-8-4-10-17(23)22-15-18(16-9-3-6-12-20(16)26-22)24(28)27-21-13-7-5-11-19(21)25/h3-15H,2H2,1H3,(H,27,28). The second-order valence-electron chi connectivity index (χ2n) is 6.44. The first-order valence-electron chi connectivity index (χ1n) is 9.35. The largest absolute Gasteiger partial charge is 0.493 e. The predicted octanol–water partition coefficient (Wildman–Crippen LogP) is 6.21. The molecule has 3 aromatic carbocycles. The Morgan fingerprint density at radius 3 is 2.55 bits per heavy atom. The quantitative estimate of drug-likeness (QED) is 0.432. The first-order chi connectivity index (χ1) is 14.2. The molecule has 4 rings (SSSR count). The van der Waals surface area contributed by atoms with E-state index in [9.17, 15) is 4.79 Å². The Hall–Kier alpha value is -3.37. The van der Waals surface area contributed by atoms with Crippen molar-refractivity contribution in [1.29, 1.82) is 0 Å². The second-order valence-corrected chi connectivity index (χ2v) is 6.84. The number of nitrogens with one attached hydrogen (secondary N) is 1. The molecule has 29 heavy (non-hydrogen) atoms. The summed E-state index contributed by atoms with van der Waals surface area (Å²) in [6.07, 6.45) is 0.